The first-order chi connectivity index (χ1) is 9.89. The second kappa shape index (κ2) is 6.35. The van der Waals surface area contributed by atoms with Gasteiger partial charge in [0.15, 0.2) is 0 Å². The first-order valence-corrected chi connectivity index (χ1v) is 7.32. The maximum absolute atomic E-state index is 11.8. The van der Waals surface area contributed by atoms with E-state index < -0.39 is 11.7 Å². The Balaban J connectivity index is 1.93. The molecule has 1 aliphatic heterocycles. The smallest absolute Gasteiger partial charge is 0.407 e. The predicted octanol–water partition coefficient (Wildman–Crippen LogP) is 2.47. The zero-order chi connectivity index (χ0) is 15.5. The fourth-order valence-electron chi connectivity index (χ4n) is 2.56. The lowest BCUT2D eigenvalue weighted by molar-refractivity contribution is 0.0477. The van der Waals surface area contributed by atoms with Crippen LogP contribution in [0.3, 0.4) is 0 Å². The summed E-state index contributed by atoms with van der Waals surface area (Å²) in [6, 6.07) is 7.83. The van der Waals surface area contributed by atoms with Gasteiger partial charge in [-0.3, -0.25) is 0 Å². The lowest BCUT2D eigenvalue weighted by atomic mass is 9.94. The van der Waals surface area contributed by atoms with E-state index in [0.717, 1.165) is 12.2 Å². The van der Waals surface area contributed by atoms with Gasteiger partial charge < -0.3 is 20.5 Å². The number of hydrogen-bond donors (Lipinski definition) is 3. The molecule has 2 atom stereocenters. The van der Waals surface area contributed by atoms with Gasteiger partial charge in [-0.05, 0) is 38.8 Å². The molecule has 2 rings (SSSR count). The average Bonchev–Trinajstić information content (AvgIpc) is 2.79. The second-order valence-corrected chi connectivity index (χ2v) is 6.43. The average molecular weight is 292 g/mol. The summed E-state index contributed by atoms with van der Waals surface area (Å²) < 4.78 is 5.23. The number of benzene rings is 1. The van der Waals surface area contributed by atoms with Crippen LogP contribution in [0.5, 0.6) is 0 Å². The molecule has 0 saturated heterocycles. The lowest BCUT2D eigenvalue weighted by Gasteiger charge is -2.24. The van der Waals surface area contributed by atoms with Gasteiger partial charge >= 0.3 is 6.09 Å². The summed E-state index contributed by atoms with van der Waals surface area (Å²) in [6.07, 6.45) is 0.195. The monoisotopic (exact) mass is 292 g/mol. The molecule has 1 amide bonds. The van der Waals surface area contributed by atoms with Crippen LogP contribution < -0.4 is 10.6 Å². The number of hydrogen-bond acceptors (Lipinski definition) is 4. The number of ether oxygens (including phenoxy) is 1. The molecular formula is C16H24N2O3. The van der Waals surface area contributed by atoms with Crippen molar-refractivity contribution in [2.75, 3.05) is 18.5 Å². The van der Waals surface area contributed by atoms with Crippen LogP contribution in [-0.4, -0.2) is 36.0 Å². The van der Waals surface area contributed by atoms with E-state index in [9.17, 15) is 9.90 Å². The van der Waals surface area contributed by atoms with Gasteiger partial charge in [-0.15, -0.1) is 0 Å². The molecule has 1 aromatic rings. The number of alkyl carbamates (subject to hydrolysis) is 1. The normalized spacial score (nSPS) is 18.6. The molecule has 0 bridgehead atoms. The van der Waals surface area contributed by atoms with Crippen LogP contribution in [0.15, 0.2) is 24.3 Å². The number of rotatable bonds is 4. The Morgan fingerprint density at radius 2 is 2.19 bits per heavy atom. The molecule has 0 spiro atoms. The number of para-hydroxylation sites is 1. The third-order valence-corrected chi connectivity index (χ3v) is 3.45. The Kier molecular flexibility index (Phi) is 4.73. The van der Waals surface area contributed by atoms with Crippen LogP contribution in [0, 0.1) is 0 Å². The summed E-state index contributed by atoms with van der Waals surface area (Å²) in [6.45, 7) is 6.18. The Labute approximate surface area is 125 Å². The number of carbonyl (C=O) groups is 1. The summed E-state index contributed by atoms with van der Waals surface area (Å²) >= 11 is 0. The van der Waals surface area contributed by atoms with Gasteiger partial charge in [-0.2, -0.15) is 0 Å². The minimum Gasteiger partial charge on any atom is -0.444 e. The zero-order valence-corrected chi connectivity index (χ0v) is 12.8. The minimum absolute atomic E-state index is 0.0993. The van der Waals surface area contributed by atoms with Crippen LogP contribution in [0.25, 0.3) is 0 Å². The first kappa shape index (κ1) is 15.6. The summed E-state index contributed by atoms with van der Waals surface area (Å²) in [4.78, 5) is 11.8. The number of fused-ring (bicyclic) bond motifs is 1. The quantitative estimate of drug-likeness (QED) is 0.797. The SMILES string of the molecule is CC(C)(C)OC(=O)N[C@H](CO)CC1CNc2ccccc21. The molecule has 3 N–H and O–H groups in total. The van der Waals surface area contributed by atoms with E-state index in [1.54, 1.807) is 0 Å². The molecule has 0 saturated carbocycles. The summed E-state index contributed by atoms with van der Waals surface area (Å²) in [7, 11) is 0. The number of carbonyl (C=O) groups excluding carboxylic acids is 1. The van der Waals surface area contributed by atoms with E-state index in [1.165, 1.54) is 5.56 Å². The van der Waals surface area contributed by atoms with Crippen LogP contribution in [0.4, 0.5) is 10.5 Å². The number of amides is 1. The molecule has 1 aliphatic rings. The fourth-order valence-corrected chi connectivity index (χ4v) is 2.56. The van der Waals surface area contributed by atoms with E-state index in [1.807, 2.05) is 39.0 Å². The van der Waals surface area contributed by atoms with Gasteiger partial charge in [0.2, 0.25) is 0 Å². The van der Waals surface area contributed by atoms with Crippen LogP contribution in [0.2, 0.25) is 0 Å². The Morgan fingerprint density at radius 3 is 2.86 bits per heavy atom. The van der Waals surface area contributed by atoms with Crippen molar-refractivity contribution in [3.63, 3.8) is 0 Å². The molecule has 0 aliphatic carbocycles. The maximum atomic E-state index is 11.8. The van der Waals surface area contributed by atoms with Crippen molar-refractivity contribution in [2.45, 2.75) is 44.8 Å². The third kappa shape index (κ3) is 4.36. The highest BCUT2D eigenvalue weighted by atomic mass is 16.6. The summed E-state index contributed by atoms with van der Waals surface area (Å²) in [5.41, 5.74) is 1.84. The van der Waals surface area contributed by atoms with Crippen molar-refractivity contribution in [1.82, 2.24) is 5.32 Å². The number of aliphatic hydroxyl groups excluding tert-OH is 1. The molecule has 1 heterocycles. The molecule has 5 heteroatoms. The molecule has 0 aromatic heterocycles. The number of anilines is 1. The lowest BCUT2D eigenvalue weighted by Crippen LogP contribution is -2.41. The first-order valence-electron chi connectivity index (χ1n) is 7.32. The van der Waals surface area contributed by atoms with Crippen molar-refractivity contribution in [3.05, 3.63) is 29.8 Å². The van der Waals surface area contributed by atoms with Crippen molar-refractivity contribution in [3.8, 4) is 0 Å². The largest absolute Gasteiger partial charge is 0.444 e. The van der Waals surface area contributed by atoms with Crippen LogP contribution >= 0.6 is 0 Å². The number of nitrogens with one attached hydrogen (secondary N) is 2. The van der Waals surface area contributed by atoms with Gasteiger partial charge in [-0.1, -0.05) is 18.2 Å². The predicted molar refractivity (Wildman–Crippen MR) is 82.5 cm³/mol. The zero-order valence-electron chi connectivity index (χ0n) is 12.8. The van der Waals surface area contributed by atoms with Crippen molar-refractivity contribution >= 4 is 11.8 Å². The molecule has 116 valence electrons. The van der Waals surface area contributed by atoms with Gasteiger partial charge in [-0.25, -0.2) is 4.79 Å². The number of aliphatic hydroxyl groups is 1. The molecule has 0 fully saturated rings. The summed E-state index contributed by atoms with van der Waals surface area (Å²) in [5, 5.41) is 15.6. The molecule has 1 unspecified atom stereocenters. The third-order valence-electron chi connectivity index (χ3n) is 3.45. The highest BCUT2D eigenvalue weighted by Gasteiger charge is 2.26. The van der Waals surface area contributed by atoms with Crippen molar-refractivity contribution in [1.29, 1.82) is 0 Å². The molecule has 5 nitrogen and oxygen atoms in total. The van der Waals surface area contributed by atoms with Crippen molar-refractivity contribution in [2.24, 2.45) is 0 Å². The Bertz CT molecular complexity index is 497. The molecular weight excluding hydrogens is 268 g/mol. The van der Waals surface area contributed by atoms with E-state index in [0.29, 0.717) is 6.42 Å². The highest BCUT2D eigenvalue weighted by Crippen LogP contribution is 2.33. The van der Waals surface area contributed by atoms with Crippen LogP contribution in [0.1, 0.15) is 38.7 Å². The van der Waals surface area contributed by atoms with Crippen molar-refractivity contribution < 1.29 is 14.6 Å². The molecule has 1 aromatic carbocycles. The minimum atomic E-state index is -0.536. The van der Waals surface area contributed by atoms with Crippen LogP contribution in [-0.2, 0) is 4.74 Å². The van der Waals surface area contributed by atoms with Gasteiger partial charge in [0.05, 0.1) is 12.6 Å². The van der Waals surface area contributed by atoms with Gasteiger partial charge in [0.25, 0.3) is 0 Å². The van der Waals surface area contributed by atoms with E-state index in [-0.39, 0.29) is 18.6 Å². The van der Waals surface area contributed by atoms with E-state index >= 15 is 0 Å². The van der Waals surface area contributed by atoms with Gasteiger partial charge in [0, 0.05) is 18.2 Å². The topological polar surface area (TPSA) is 70.6 Å². The Hall–Kier alpha value is -1.75. The second-order valence-electron chi connectivity index (χ2n) is 6.43. The Morgan fingerprint density at radius 1 is 1.48 bits per heavy atom. The highest BCUT2D eigenvalue weighted by molar-refractivity contribution is 5.68. The maximum Gasteiger partial charge on any atom is 0.407 e. The molecule has 21 heavy (non-hydrogen) atoms. The van der Waals surface area contributed by atoms with E-state index in [4.69, 9.17) is 4.74 Å². The summed E-state index contributed by atoms with van der Waals surface area (Å²) in [5.74, 6) is 0.285. The molecule has 0 radical (unpaired) electrons. The van der Waals surface area contributed by atoms with E-state index in [2.05, 4.69) is 16.7 Å². The van der Waals surface area contributed by atoms with Gasteiger partial charge in [0.1, 0.15) is 5.60 Å². The fraction of sp³-hybridized carbons (Fsp3) is 0.562. The standard InChI is InChI=1S/C16H24N2O3/c1-16(2,3)21-15(20)18-12(10-19)8-11-9-17-14-7-5-4-6-13(11)14/h4-7,11-12,17,19H,8-10H2,1-3H3,(H,18,20)/t11?,12-/m0/s1.